The number of aryl methyl sites for hydroxylation is 1. The minimum absolute atomic E-state index is 0.138. The number of rotatable bonds is 5. The highest BCUT2D eigenvalue weighted by Crippen LogP contribution is 2.38. The van der Waals surface area contributed by atoms with Crippen LogP contribution in [0.3, 0.4) is 0 Å². The normalized spacial score (nSPS) is 15.8. The lowest BCUT2D eigenvalue weighted by Crippen LogP contribution is -2.31. The quantitative estimate of drug-likeness (QED) is 0.526. The number of aromatic nitrogens is 2. The third kappa shape index (κ3) is 2.93. The van der Waals surface area contributed by atoms with E-state index in [0.717, 1.165) is 18.5 Å². The van der Waals surface area contributed by atoms with E-state index in [1.54, 1.807) is 35.6 Å². The Bertz CT molecular complexity index is 1230. The lowest BCUT2D eigenvalue weighted by Gasteiger charge is -2.25. The van der Waals surface area contributed by atoms with E-state index in [1.807, 2.05) is 47.2 Å². The van der Waals surface area contributed by atoms with Crippen LogP contribution in [-0.2, 0) is 6.54 Å². The van der Waals surface area contributed by atoms with E-state index < -0.39 is 6.04 Å². The Morgan fingerprint density at radius 3 is 2.55 bits per heavy atom. The predicted molar refractivity (Wildman–Crippen MR) is 109 cm³/mol. The highest BCUT2D eigenvalue weighted by Gasteiger charge is 2.42. The molecule has 1 aliphatic heterocycles. The summed E-state index contributed by atoms with van der Waals surface area (Å²) in [5.41, 5.74) is 1.64. The standard InChI is InChI=1S/C23H19N3O3/c27-21-17-9-4-5-10-18(17)29-22-19(21)20(16-7-2-1-3-8-16)26(23(22)28)13-6-12-25-14-11-24-15-25/h1-5,7-11,14-15,20H,6,12-13H2/t20-/m0/s1. The molecule has 0 bridgehead atoms. The molecule has 2 aromatic carbocycles. The van der Waals surface area contributed by atoms with Crippen LogP contribution in [0.4, 0.5) is 0 Å². The molecule has 6 heteroatoms. The summed E-state index contributed by atoms with van der Waals surface area (Å²) in [6.45, 7) is 1.25. The first kappa shape index (κ1) is 17.4. The third-order valence-corrected chi connectivity index (χ3v) is 5.36. The van der Waals surface area contributed by atoms with Gasteiger partial charge in [0.2, 0.25) is 5.76 Å². The fourth-order valence-electron chi connectivity index (χ4n) is 4.02. The smallest absolute Gasteiger partial charge is 0.290 e. The highest BCUT2D eigenvalue weighted by molar-refractivity contribution is 5.99. The molecule has 0 N–H and O–H groups in total. The maximum Gasteiger partial charge on any atom is 0.290 e. The first-order chi connectivity index (χ1) is 14.2. The zero-order chi connectivity index (χ0) is 19.8. The average molecular weight is 385 g/mol. The van der Waals surface area contributed by atoms with Gasteiger partial charge in [0.25, 0.3) is 5.91 Å². The average Bonchev–Trinajstić information content (AvgIpc) is 3.37. The second-order valence-corrected chi connectivity index (χ2v) is 7.14. The van der Waals surface area contributed by atoms with Crippen LogP contribution in [0.2, 0.25) is 0 Å². The Kier molecular flexibility index (Phi) is 4.24. The Labute approximate surface area is 167 Å². The van der Waals surface area contributed by atoms with Crippen LogP contribution in [0, 0.1) is 0 Å². The lowest BCUT2D eigenvalue weighted by molar-refractivity contribution is 0.0723. The lowest BCUT2D eigenvalue weighted by atomic mass is 9.98. The fourth-order valence-corrected chi connectivity index (χ4v) is 4.02. The molecular weight excluding hydrogens is 366 g/mol. The molecule has 144 valence electrons. The predicted octanol–water partition coefficient (Wildman–Crippen LogP) is 3.63. The molecule has 0 spiro atoms. The topological polar surface area (TPSA) is 68.3 Å². The molecule has 1 amide bonds. The van der Waals surface area contributed by atoms with Gasteiger partial charge in [-0.3, -0.25) is 9.59 Å². The first-order valence-corrected chi connectivity index (χ1v) is 9.61. The number of hydrogen-bond acceptors (Lipinski definition) is 4. The van der Waals surface area contributed by atoms with E-state index in [-0.39, 0.29) is 17.1 Å². The van der Waals surface area contributed by atoms with Crippen molar-refractivity contribution in [1.82, 2.24) is 14.5 Å². The van der Waals surface area contributed by atoms with Gasteiger partial charge in [0, 0.05) is 25.5 Å². The second kappa shape index (κ2) is 7.05. The van der Waals surface area contributed by atoms with Crippen LogP contribution >= 0.6 is 0 Å². The maximum absolute atomic E-state index is 13.3. The Hall–Kier alpha value is -3.67. The summed E-state index contributed by atoms with van der Waals surface area (Å²) in [6.07, 6.45) is 6.13. The molecule has 2 aromatic heterocycles. The molecule has 1 atom stereocenters. The number of nitrogens with zero attached hydrogens (tertiary/aromatic N) is 3. The van der Waals surface area contributed by atoms with Crippen molar-refractivity contribution < 1.29 is 9.21 Å². The van der Waals surface area contributed by atoms with Crippen LogP contribution in [0.15, 0.2) is 82.5 Å². The number of carbonyl (C=O) groups excluding carboxylic acids is 1. The van der Waals surface area contributed by atoms with Crippen LogP contribution < -0.4 is 5.43 Å². The van der Waals surface area contributed by atoms with E-state index in [9.17, 15) is 9.59 Å². The van der Waals surface area contributed by atoms with E-state index >= 15 is 0 Å². The van der Waals surface area contributed by atoms with E-state index in [4.69, 9.17) is 4.42 Å². The van der Waals surface area contributed by atoms with Gasteiger partial charge in [-0.25, -0.2) is 4.98 Å². The van der Waals surface area contributed by atoms with Crippen molar-refractivity contribution >= 4 is 16.9 Å². The van der Waals surface area contributed by atoms with Crippen molar-refractivity contribution in [2.45, 2.75) is 19.0 Å². The molecule has 3 heterocycles. The summed E-state index contributed by atoms with van der Waals surface area (Å²) in [4.78, 5) is 32.3. The number of amides is 1. The zero-order valence-electron chi connectivity index (χ0n) is 15.7. The summed E-state index contributed by atoms with van der Waals surface area (Å²) in [7, 11) is 0. The van der Waals surface area contributed by atoms with Crippen LogP contribution in [-0.4, -0.2) is 26.9 Å². The van der Waals surface area contributed by atoms with Crippen molar-refractivity contribution in [3.05, 3.63) is 100 Å². The van der Waals surface area contributed by atoms with Crippen LogP contribution in [0.1, 0.15) is 34.1 Å². The molecule has 4 aromatic rings. The van der Waals surface area contributed by atoms with Gasteiger partial charge < -0.3 is 13.9 Å². The summed E-state index contributed by atoms with van der Waals surface area (Å²) in [5, 5.41) is 0.500. The number of hydrogen-bond donors (Lipinski definition) is 0. The second-order valence-electron chi connectivity index (χ2n) is 7.14. The third-order valence-electron chi connectivity index (χ3n) is 5.36. The van der Waals surface area contributed by atoms with Gasteiger partial charge in [0.05, 0.1) is 23.3 Å². The SMILES string of the molecule is O=C1c2oc3ccccc3c(=O)c2[C@H](c2ccccc2)N1CCCn1ccnc1. The maximum atomic E-state index is 13.3. The van der Waals surface area contributed by atoms with Gasteiger partial charge in [-0.2, -0.15) is 0 Å². The number of para-hydroxylation sites is 1. The molecule has 5 rings (SSSR count). The van der Waals surface area contributed by atoms with Gasteiger partial charge in [-0.05, 0) is 24.1 Å². The minimum atomic E-state index is -0.442. The molecule has 0 fully saturated rings. The molecule has 0 unspecified atom stereocenters. The molecule has 29 heavy (non-hydrogen) atoms. The zero-order valence-corrected chi connectivity index (χ0v) is 15.7. The Balaban J connectivity index is 1.58. The van der Waals surface area contributed by atoms with Gasteiger partial charge in [0.15, 0.2) is 5.43 Å². The van der Waals surface area contributed by atoms with Crippen molar-refractivity contribution in [3.8, 4) is 0 Å². The molecular formula is C23H19N3O3. The molecule has 6 nitrogen and oxygen atoms in total. The van der Waals surface area contributed by atoms with E-state index in [2.05, 4.69) is 4.98 Å². The molecule has 0 saturated heterocycles. The van der Waals surface area contributed by atoms with Gasteiger partial charge in [-0.1, -0.05) is 42.5 Å². The Morgan fingerprint density at radius 1 is 0.966 bits per heavy atom. The number of carbonyl (C=O) groups is 1. The fraction of sp³-hybridized carbons (Fsp3) is 0.174. The first-order valence-electron chi connectivity index (χ1n) is 9.61. The van der Waals surface area contributed by atoms with Crippen molar-refractivity contribution in [3.63, 3.8) is 0 Å². The summed E-state index contributed by atoms with van der Waals surface area (Å²) >= 11 is 0. The summed E-state index contributed by atoms with van der Waals surface area (Å²) in [6, 6.07) is 16.3. The monoisotopic (exact) mass is 385 g/mol. The van der Waals surface area contributed by atoms with E-state index in [1.165, 1.54) is 0 Å². The largest absolute Gasteiger partial charge is 0.450 e. The van der Waals surface area contributed by atoms with Crippen LogP contribution in [0.25, 0.3) is 11.0 Å². The number of benzene rings is 2. The number of fused-ring (bicyclic) bond motifs is 2. The molecule has 0 radical (unpaired) electrons. The van der Waals surface area contributed by atoms with Crippen molar-refractivity contribution in [2.75, 3.05) is 6.54 Å². The summed E-state index contributed by atoms with van der Waals surface area (Å²) in [5.74, 6) is -0.0764. The van der Waals surface area contributed by atoms with Crippen molar-refractivity contribution in [1.29, 1.82) is 0 Å². The van der Waals surface area contributed by atoms with Gasteiger partial charge in [-0.15, -0.1) is 0 Å². The summed E-state index contributed by atoms with van der Waals surface area (Å²) < 4.78 is 7.90. The van der Waals surface area contributed by atoms with E-state index in [0.29, 0.717) is 23.1 Å². The van der Waals surface area contributed by atoms with Gasteiger partial charge in [0.1, 0.15) is 5.58 Å². The molecule has 0 saturated carbocycles. The Morgan fingerprint density at radius 2 is 1.76 bits per heavy atom. The number of imidazole rings is 1. The highest BCUT2D eigenvalue weighted by atomic mass is 16.3. The van der Waals surface area contributed by atoms with Gasteiger partial charge >= 0.3 is 0 Å². The minimum Gasteiger partial charge on any atom is -0.450 e. The van der Waals surface area contributed by atoms with Crippen LogP contribution in [0.5, 0.6) is 0 Å². The molecule has 1 aliphatic rings. The van der Waals surface area contributed by atoms with Crippen molar-refractivity contribution in [2.24, 2.45) is 0 Å². The molecule has 0 aliphatic carbocycles.